The van der Waals surface area contributed by atoms with Crippen LogP contribution in [0.25, 0.3) is 0 Å². The number of nitrogens with one attached hydrogen (secondary N) is 1. The molecule has 74 valence electrons. The van der Waals surface area contributed by atoms with E-state index in [-0.39, 0.29) is 0 Å². The second kappa shape index (κ2) is 5.72. The Morgan fingerprint density at radius 2 is 2.46 bits per heavy atom. The summed E-state index contributed by atoms with van der Waals surface area (Å²) in [5.74, 6) is 0. The van der Waals surface area contributed by atoms with Crippen molar-refractivity contribution in [3.05, 3.63) is 20.8 Å². The lowest BCUT2D eigenvalue weighted by atomic mass is 10.3. The first kappa shape index (κ1) is 11.1. The Morgan fingerprint density at radius 3 is 3.00 bits per heavy atom. The highest BCUT2D eigenvalue weighted by Gasteiger charge is 2.01. The molecule has 3 nitrogen and oxygen atoms in total. The third-order valence-corrected chi connectivity index (χ3v) is 3.27. The van der Waals surface area contributed by atoms with Gasteiger partial charge in [-0.3, -0.25) is 0 Å². The Morgan fingerprint density at radius 1 is 1.69 bits per heavy atom. The highest BCUT2D eigenvalue weighted by Crippen LogP contribution is 2.19. The molecule has 0 saturated heterocycles. The van der Waals surface area contributed by atoms with E-state index in [9.17, 15) is 0 Å². The van der Waals surface area contributed by atoms with E-state index in [1.807, 2.05) is 5.38 Å². The summed E-state index contributed by atoms with van der Waals surface area (Å²) in [6, 6.07) is 2.06. The van der Waals surface area contributed by atoms with Gasteiger partial charge < -0.3 is 16.2 Å². The van der Waals surface area contributed by atoms with E-state index in [4.69, 9.17) is 10.8 Å². The lowest BCUT2D eigenvalue weighted by Gasteiger charge is -2.07. The molecular weight excluding hydrogens is 252 g/mol. The first-order valence-corrected chi connectivity index (χ1v) is 5.71. The van der Waals surface area contributed by atoms with Crippen LogP contribution in [-0.2, 0) is 6.54 Å². The van der Waals surface area contributed by atoms with Gasteiger partial charge in [-0.1, -0.05) is 0 Å². The number of aliphatic hydroxyl groups excluding tert-OH is 1. The van der Waals surface area contributed by atoms with Crippen molar-refractivity contribution < 1.29 is 5.11 Å². The standard InChI is InChI=1S/C8H13BrN2OS/c9-6-1-8(13-5-6)4-11-3-7(12)2-10/h1,5,7,11-12H,2-4,10H2. The summed E-state index contributed by atoms with van der Waals surface area (Å²) < 4.78 is 1.11. The van der Waals surface area contributed by atoms with Gasteiger partial charge in [0, 0.05) is 34.4 Å². The third-order valence-electron chi connectivity index (χ3n) is 1.57. The third kappa shape index (κ3) is 4.19. The van der Waals surface area contributed by atoms with E-state index in [1.54, 1.807) is 11.3 Å². The number of hydrogen-bond donors (Lipinski definition) is 3. The molecular formula is C8H13BrN2OS. The zero-order valence-corrected chi connectivity index (χ0v) is 9.57. The number of halogens is 1. The van der Waals surface area contributed by atoms with E-state index in [0.717, 1.165) is 11.0 Å². The van der Waals surface area contributed by atoms with Gasteiger partial charge in [-0.15, -0.1) is 11.3 Å². The number of rotatable bonds is 5. The minimum atomic E-state index is -0.441. The van der Waals surface area contributed by atoms with E-state index in [0.29, 0.717) is 13.1 Å². The summed E-state index contributed by atoms with van der Waals surface area (Å²) in [4.78, 5) is 1.25. The fourth-order valence-corrected chi connectivity index (χ4v) is 2.31. The van der Waals surface area contributed by atoms with Gasteiger partial charge in [-0.25, -0.2) is 0 Å². The molecule has 0 aliphatic heterocycles. The second-order valence-electron chi connectivity index (χ2n) is 2.75. The molecule has 13 heavy (non-hydrogen) atoms. The number of nitrogens with two attached hydrogens (primary N) is 1. The maximum atomic E-state index is 9.15. The van der Waals surface area contributed by atoms with Crippen molar-refractivity contribution in [3.63, 3.8) is 0 Å². The Balaban J connectivity index is 2.20. The van der Waals surface area contributed by atoms with Gasteiger partial charge in [0.1, 0.15) is 0 Å². The van der Waals surface area contributed by atoms with Gasteiger partial charge >= 0.3 is 0 Å². The molecule has 1 atom stereocenters. The average Bonchev–Trinajstić information content (AvgIpc) is 2.51. The Hall–Kier alpha value is 0.0600. The van der Waals surface area contributed by atoms with Crippen molar-refractivity contribution in [2.75, 3.05) is 13.1 Å². The molecule has 1 rings (SSSR count). The number of hydrogen-bond acceptors (Lipinski definition) is 4. The highest BCUT2D eigenvalue weighted by atomic mass is 79.9. The monoisotopic (exact) mass is 264 g/mol. The van der Waals surface area contributed by atoms with Crippen LogP contribution in [-0.4, -0.2) is 24.3 Å². The molecule has 0 aliphatic rings. The SMILES string of the molecule is NCC(O)CNCc1cc(Br)cs1. The Labute approximate surface area is 90.1 Å². The van der Waals surface area contributed by atoms with Crippen molar-refractivity contribution in [1.82, 2.24) is 5.32 Å². The minimum absolute atomic E-state index is 0.307. The molecule has 1 aromatic rings. The van der Waals surface area contributed by atoms with Crippen LogP contribution in [0.15, 0.2) is 15.9 Å². The normalized spacial score (nSPS) is 13.2. The summed E-state index contributed by atoms with van der Waals surface area (Å²) in [5.41, 5.74) is 5.26. The van der Waals surface area contributed by atoms with Crippen LogP contribution in [0.4, 0.5) is 0 Å². The fourth-order valence-electron chi connectivity index (χ4n) is 0.892. The predicted molar refractivity (Wildman–Crippen MR) is 58.8 cm³/mol. The van der Waals surface area contributed by atoms with E-state index in [2.05, 4.69) is 27.3 Å². The average molecular weight is 265 g/mol. The lowest BCUT2D eigenvalue weighted by molar-refractivity contribution is 0.179. The molecule has 0 radical (unpaired) electrons. The van der Waals surface area contributed by atoms with E-state index in [1.165, 1.54) is 4.88 Å². The molecule has 0 fully saturated rings. The molecule has 0 spiro atoms. The predicted octanol–water partition coefficient (Wildman–Crippen LogP) is 0.920. The zero-order valence-electron chi connectivity index (χ0n) is 7.16. The number of aliphatic hydroxyl groups is 1. The van der Waals surface area contributed by atoms with Gasteiger partial charge in [0.25, 0.3) is 0 Å². The quantitative estimate of drug-likeness (QED) is 0.742. The number of thiophene rings is 1. The summed E-state index contributed by atoms with van der Waals surface area (Å²) >= 11 is 5.07. The van der Waals surface area contributed by atoms with E-state index < -0.39 is 6.10 Å². The largest absolute Gasteiger partial charge is 0.390 e. The molecule has 0 aromatic carbocycles. The van der Waals surface area contributed by atoms with Crippen molar-refractivity contribution >= 4 is 27.3 Å². The van der Waals surface area contributed by atoms with Crippen molar-refractivity contribution in [2.24, 2.45) is 5.73 Å². The van der Waals surface area contributed by atoms with Crippen LogP contribution < -0.4 is 11.1 Å². The van der Waals surface area contributed by atoms with Crippen molar-refractivity contribution in [1.29, 1.82) is 0 Å². The molecule has 0 saturated carbocycles. The van der Waals surface area contributed by atoms with Crippen molar-refractivity contribution in [3.8, 4) is 0 Å². The molecule has 0 amide bonds. The molecule has 0 bridgehead atoms. The summed E-state index contributed by atoms with van der Waals surface area (Å²) in [5, 5.41) is 14.3. The summed E-state index contributed by atoms with van der Waals surface area (Å²) in [6.45, 7) is 1.64. The van der Waals surface area contributed by atoms with Crippen LogP contribution in [0.3, 0.4) is 0 Å². The van der Waals surface area contributed by atoms with Gasteiger partial charge in [-0.2, -0.15) is 0 Å². The fraction of sp³-hybridized carbons (Fsp3) is 0.500. The smallest absolute Gasteiger partial charge is 0.0786 e. The summed E-state index contributed by atoms with van der Waals surface area (Å²) in [6.07, 6.45) is -0.441. The topological polar surface area (TPSA) is 58.3 Å². The zero-order chi connectivity index (χ0) is 9.68. The molecule has 0 aliphatic carbocycles. The van der Waals surface area contributed by atoms with Crippen LogP contribution in [0, 0.1) is 0 Å². The Kier molecular flexibility index (Phi) is 4.90. The second-order valence-corrected chi connectivity index (χ2v) is 4.66. The van der Waals surface area contributed by atoms with Crippen LogP contribution >= 0.6 is 27.3 Å². The van der Waals surface area contributed by atoms with Crippen molar-refractivity contribution in [2.45, 2.75) is 12.6 Å². The first-order chi connectivity index (χ1) is 6.22. The van der Waals surface area contributed by atoms with Crippen LogP contribution in [0.1, 0.15) is 4.88 Å². The van der Waals surface area contributed by atoms with Crippen LogP contribution in [0.2, 0.25) is 0 Å². The summed E-state index contributed by atoms with van der Waals surface area (Å²) in [7, 11) is 0. The van der Waals surface area contributed by atoms with Gasteiger partial charge in [0.05, 0.1) is 6.10 Å². The minimum Gasteiger partial charge on any atom is -0.390 e. The lowest BCUT2D eigenvalue weighted by Crippen LogP contribution is -2.32. The van der Waals surface area contributed by atoms with Gasteiger partial charge in [0.2, 0.25) is 0 Å². The molecule has 4 N–H and O–H groups in total. The first-order valence-electron chi connectivity index (χ1n) is 4.04. The molecule has 1 heterocycles. The maximum Gasteiger partial charge on any atom is 0.0786 e. The molecule has 1 aromatic heterocycles. The molecule has 5 heteroatoms. The van der Waals surface area contributed by atoms with E-state index >= 15 is 0 Å². The Bertz CT molecular complexity index is 254. The molecule has 1 unspecified atom stereocenters. The van der Waals surface area contributed by atoms with Crippen LogP contribution in [0.5, 0.6) is 0 Å². The highest BCUT2D eigenvalue weighted by molar-refractivity contribution is 9.10. The van der Waals surface area contributed by atoms with Gasteiger partial charge in [0.15, 0.2) is 0 Å². The maximum absolute atomic E-state index is 9.15. The van der Waals surface area contributed by atoms with Gasteiger partial charge in [-0.05, 0) is 22.0 Å².